The number of ether oxygens (including phenoxy) is 1. The van der Waals surface area contributed by atoms with E-state index in [-0.39, 0.29) is 5.69 Å². The first kappa shape index (κ1) is 17.9. The molecule has 0 saturated heterocycles. The number of carbonyl (C=O) groups is 1. The van der Waals surface area contributed by atoms with Gasteiger partial charge in [0.05, 0.1) is 17.5 Å². The molecule has 0 saturated carbocycles. The van der Waals surface area contributed by atoms with Crippen LogP contribution in [0.25, 0.3) is 10.9 Å². The Balaban J connectivity index is 1.97. The number of aryl methyl sites for hydroxylation is 1. The second-order valence-corrected chi connectivity index (χ2v) is 6.00. The molecule has 3 aromatic rings. The van der Waals surface area contributed by atoms with Crippen LogP contribution in [0, 0.1) is 0 Å². The number of carbonyl (C=O) groups excluding carboxylic acids is 1. The fraction of sp³-hybridized carbons (Fsp3) is 0.211. The normalized spacial score (nSPS) is 10.7. The van der Waals surface area contributed by atoms with Gasteiger partial charge in [0.2, 0.25) is 5.43 Å². The number of nitrogens with zero attached hydrogens (tertiary/aromatic N) is 2. The zero-order chi connectivity index (χ0) is 18.7. The number of benzene rings is 2. The smallest absolute Gasteiger partial charge is 0.280 e. The molecule has 7 heteroatoms. The van der Waals surface area contributed by atoms with E-state index in [0.717, 1.165) is 0 Å². The van der Waals surface area contributed by atoms with E-state index in [2.05, 4.69) is 10.4 Å². The van der Waals surface area contributed by atoms with Gasteiger partial charge in [0.1, 0.15) is 5.75 Å². The Morgan fingerprint density at radius 2 is 1.92 bits per heavy atom. The first-order valence-electron chi connectivity index (χ1n) is 8.28. The van der Waals surface area contributed by atoms with E-state index in [4.69, 9.17) is 16.3 Å². The molecule has 0 atom stereocenters. The molecule has 0 bridgehead atoms. The van der Waals surface area contributed by atoms with Crippen molar-refractivity contribution in [3.8, 4) is 5.75 Å². The van der Waals surface area contributed by atoms with Gasteiger partial charge in [0.25, 0.3) is 5.91 Å². The van der Waals surface area contributed by atoms with E-state index in [9.17, 15) is 9.59 Å². The molecule has 1 aromatic heterocycles. The minimum atomic E-state index is -0.566. The third-order valence-corrected chi connectivity index (χ3v) is 4.09. The van der Waals surface area contributed by atoms with Crippen molar-refractivity contribution in [3.05, 3.63) is 63.4 Å². The third-order valence-electron chi connectivity index (χ3n) is 3.85. The fourth-order valence-electron chi connectivity index (χ4n) is 2.64. The Labute approximate surface area is 155 Å². The van der Waals surface area contributed by atoms with Crippen LogP contribution in [0.3, 0.4) is 0 Å². The van der Waals surface area contributed by atoms with Gasteiger partial charge in [-0.05, 0) is 56.3 Å². The summed E-state index contributed by atoms with van der Waals surface area (Å²) in [4.78, 5) is 25.3. The molecule has 0 radical (unpaired) electrons. The van der Waals surface area contributed by atoms with Gasteiger partial charge in [0.15, 0.2) is 5.69 Å². The van der Waals surface area contributed by atoms with E-state index in [0.29, 0.717) is 40.5 Å². The second kappa shape index (κ2) is 7.58. The molecule has 1 N–H and O–H groups in total. The summed E-state index contributed by atoms with van der Waals surface area (Å²) in [7, 11) is 0. The molecule has 2 aromatic carbocycles. The van der Waals surface area contributed by atoms with Crippen LogP contribution in [0.5, 0.6) is 5.75 Å². The van der Waals surface area contributed by atoms with Crippen LogP contribution in [-0.2, 0) is 6.54 Å². The number of anilines is 1. The molecule has 0 fully saturated rings. The summed E-state index contributed by atoms with van der Waals surface area (Å²) >= 11 is 6.01. The number of aromatic nitrogens is 2. The van der Waals surface area contributed by atoms with E-state index < -0.39 is 11.3 Å². The van der Waals surface area contributed by atoms with Crippen LogP contribution >= 0.6 is 11.6 Å². The number of hydrogen-bond acceptors (Lipinski definition) is 4. The highest BCUT2D eigenvalue weighted by Gasteiger charge is 2.17. The van der Waals surface area contributed by atoms with Crippen molar-refractivity contribution in [2.75, 3.05) is 11.9 Å². The third kappa shape index (κ3) is 3.55. The highest BCUT2D eigenvalue weighted by atomic mass is 35.5. The average Bonchev–Trinajstić information content (AvgIpc) is 2.64. The SMILES string of the molecule is CCOc1ccc(NC(=O)c2nn(CC)c3ccc(Cl)cc3c2=O)cc1. The Bertz CT molecular complexity index is 1010. The lowest BCUT2D eigenvalue weighted by atomic mass is 10.2. The number of rotatable bonds is 5. The van der Waals surface area contributed by atoms with Crippen molar-refractivity contribution in [1.29, 1.82) is 0 Å². The zero-order valence-electron chi connectivity index (χ0n) is 14.5. The molecule has 3 rings (SSSR count). The summed E-state index contributed by atoms with van der Waals surface area (Å²) in [5.74, 6) is 0.139. The maximum Gasteiger partial charge on any atom is 0.280 e. The van der Waals surface area contributed by atoms with Crippen LogP contribution in [0.2, 0.25) is 5.02 Å². The monoisotopic (exact) mass is 371 g/mol. The van der Waals surface area contributed by atoms with E-state index in [1.54, 1.807) is 47.1 Å². The van der Waals surface area contributed by atoms with Crippen LogP contribution < -0.4 is 15.5 Å². The maximum absolute atomic E-state index is 12.7. The van der Waals surface area contributed by atoms with Gasteiger partial charge < -0.3 is 10.1 Å². The van der Waals surface area contributed by atoms with Gasteiger partial charge in [-0.1, -0.05) is 11.6 Å². The predicted octanol–water partition coefficient (Wildman–Crippen LogP) is 3.72. The second-order valence-electron chi connectivity index (χ2n) is 5.57. The van der Waals surface area contributed by atoms with Gasteiger partial charge in [0, 0.05) is 17.3 Å². The summed E-state index contributed by atoms with van der Waals surface area (Å²) in [5.41, 5.74) is 0.569. The predicted molar refractivity (Wildman–Crippen MR) is 102 cm³/mol. The molecule has 1 amide bonds. The Hall–Kier alpha value is -2.86. The van der Waals surface area contributed by atoms with Crippen molar-refractivity contribution >= 4 is 34.1 Å². The van der Waals surface area contributed by atoms with E-state index >= 15 is 0 Å². The van der Waals surface area contributed by atoms with Crippen molar-refractivity contribution in [1.82, 2.24) is 9.78 Å². The summed E-state index contributed by atoms with van der Waals surface area (Å²) < 4.78 is 6.98. The highest BCUT2D eigenvalue weighted by molar-refractivity contribution is 6.31. The van der Waals surface area contributed by atoms with Gasteiger partial charge >= 0.3 is 0 Å². The van der Waals surface area contributed by atoms with Crippen LogP contribution in [0.15, 0.2) is 47.3 Å². The Morgan fingerprint density at radius 1 is 1.19 bits per heavy atom. The van der Waals surface area contributed by atoms with Crippen LogP contribution in [-0.4, -0.2) is 22.3 Å². The molecule has 26 heavy (non-hydrogen) atoms. The van der Waals surface area contributed by atoms with Crippen molar-refractivity contribution in [2.24, 2.45) is 0 Å². The summed E-state index contributed by atoms with van der Waals surface area (Å²) in [6.45, 7) is 4.86. The Morgan fingerprint density at radius 3 is 2.58 bits per heavy atom. The van der Waals surface area contributed by atoms with Gasteiger partial charge in [-0.25, -0.2) is 0 Å². The summed E-state index contributed by atoms with van der Waals surface area (Å²) in [5, 5.41) is 7.71. The lowest BCUT2D eigenvalue weighted by molar-refractivity contribution is 0.101. The molecule has 0 unspecified atom stereocenters. The molecule has 0 aliphatic carbocycles. The number of nitrogens with one attached hydrogen (secondary N) is 1. The Kier molecular flexibility index (Phi) is 5.23. The molecule has 1 heterocycles. The van der Waals surface area contributed by atoms with Crippen molar-refractivity contribution < 1.29 is 9.53 Å². The molecule has 0 aliphatic heterocycles. The molecular formula is C19H18ClN3O3. The van der Waals surface area contributed by atoms with Crippen LogP contribution in [0.4, 0.5) is 5.69 Å². The van der Waals surface area contributed by atoms with E-state index in [1.807, 2.05) is 13.8 Å². The minimum Gasteiger partial charge on any atom is -0.494 e. The highest BCUT2D eigenvalue weighted by Crippen LogP contribution is 2.18. The van der Waals surface area contributed by atoms with Crippen molar-refractivity contribution in [2.45, 2.75) is 20.4 Å². The van der Waals surface area contributed by atoms with Gasteiger partial charge in [-0.15, -0.1) is 0 Å². The van der Waals surface area contributed by atoms with Crippen LogP contribution in [0.1, 0.15) is 24.3 Å². The first-order valence-corrected chi connectivity index (χ1v) is 8.66. The molecule has 0 spiro atoms. The standard InChI is InChI=1S/C19H18ClN3O3/c1-3-23-16-10-5-12(20)11-15(16)18(24)17(22-23)19(25)21-13-6-8-14(9-7-13)26-4-2/h5-11H,3-4H2,1-2H3,(H,21,25). The number of amides is 1. The van der Waals surface area contributed by atoms with Gasteiger partial charge in [-0.2, -0.15) is 5.10 Å². The number of fused-ring (bicyclic) bond motifs is 1. The lowest BCUT2D eigenvalue weighted by Gasteiger charge is -2.11. The minimum absolute atomic E-state index is 0.171. The van der Waals surface area contributed by atoms with Crippen molar-refractivity contribution in [3.63, 3.8) is 0 Å². The first-order chi connectivity index (χ1) is 12.5. The zero-order valence-corrected chi connectivity index (χ0v) is 15.2. The number of hydrogen-bond donors (Lipinski definition) is 1. The molecule has 0 aliphatic rings. The largest absolute Gasteiger partial charge is 0.494 e. The molecule has 6 nitrogen and oxygen atoms in total. The summed E-state index contributed by atoms with van der Waals surface area (Å²) in [6.07, 6.45) is 0. The lowest BCUT2D eigenvalue weighted by Crippen LogP contribution is -2.27. The number of halogens is 1. The quantitative estimate of drug-likeness (QED) is 0.741. The molecular weight excluding hydrogens is 354 g/mol. The maximum atomic E-state index is 12.7. The fourth-order valence-corrected chi connectivity index (χ4v) is 2.82. The van der Waals surface area contributed by atoms with E-state index in [1.165, 1.54) is 0 Å². The average molecular weight is 372 g/mol. The summed E-state index contributed by atoms with van der Waals surface area (Å²) in [6, 6.07) is 11.9. The topological polar surface area (TPSA) is 73.2 Å². The van der Waals surface area contributed by atoms with Gasteiger partial charge in [-0.3, -0.25) is 14.3 Å². The molecule has 134 valence electrons.